The molecule has 1 aliphatic rings. The van der Waals surface area contributed by atoms with Crippen LogP contribution in [-0.4, -0.2) is 29.9 Å². The van der Waals surface area contributed by atoms with Crippen LogP contribution in [0.15, 0.2) is 18.2 Å². The topological polar surface area (TPSA) is 32.3 Å². The van der Waals surface area contributed by atoms with E-state index >= 15 is 0 Å². The van der Waals surface area contributed by atoms with E-state index in [1.54, 1.807) is 6.07 Å². The maximum Gasteiger partial charge on any atom is 0.225 e. The number of piperidine rings is 1. The molecule has 0 aromatic heterocycles. The van der Waals surface area contributed by atoms with E-state index in [1.807, 2.05) is 24.8 Å². The van der Waals surface area contributed by atoms with E-state index in [4.69, 9.17) is 11.6 Å². The molecule has 0 bridgehead atoms. The van der Waals surface area contributed by atoms with Crippen LogP contribution >= 0.6 is 11.6 Å². The summed E-state index contributed by atoms with van der Waals surface area (Å²) in [6, 6.07) is 5.25. The quantitative estimate of drug-likeness (QED) is 0.926. The number of rotatable bonds is 4. The molecular weight excluding hydrogens is 291 g/mol. The molecule has 1 N–H and O–H groups in total. The van der Waals surface area contributed by atoms with Gasteiger partial charge in [0.15, 0.2) is 0 Å². The average molecular weight is 313 g/mol. The minimum absolute atomic E-state index is 0.0616. The molecule has 0 aliphatic carbocycles. The molecule has 0 spiro atoms. The van der Waals surface area contributed by atoms with Crippen LogP contribution in [-0.2, 0) is 11.3 Å². The van der Waals surface area contributed by atoms with E-state index in [1.165, 1.54) is 6.07 Å². The van der Waals surface area contributed by atoms with Crippen LogP contribution < -0.4 is 5.32 Å². The van der Waals surface area contributed by atoms with E-state index in [0.29, 0.717) is 12.6 Å². The summed E-state index contributed by atoms with van der Waals surface area (Å²) in [7, 11) is 0. The van der Waals surface area contributed by atoms with Crippen molar-refractivity contribution in [2.45, 2.75) is 39.3 Å². The molecule has 2 rings (SSSR count). The molecule has 0 unspecified atom stereocenters. The van der Waals surface area contributed by atoms with Crippen molar-refractivity contribution in [3.63, 3.8) is 0 Å². The Balaban J connectivity index is 1.78. The molecule has 1 amide bonds. The number of hydrogen-bond acceptors (Lipinski definition) is 2. The Morgan fingerprint density at radius 1 is 1.43 bits per heavy atom. The van der Waals surface area contributed by atoms with E-state index in [9.17, 15) is 9.18 Å². The molecule has 0 radical (unpaired) electrons. The Bertz CT molecular complexity index is 499. The third-order valence-electron chi connectivity index (χ3n) is 3.88. The molecule has 0 saturated carbocycles. The van der Waals surface area contributed by atoms with Crippen LogP contribution in [0.3, 0.4) is 0 Å². The summed E-state index contributed by atoms with van der Waals surface area (Å²) in [5.41, 5.74) is 0.887. The first-order valence-electron chi connectivity index (χ1n) is 7.43. The van der Waals surface area contributed by atoms with Crippen molar-refractivity contribution in [1.29, 1.82) is 0 Å². The fourth-order valence-corrected chi connectivity index (χ4v) is 2.70. The van der Waals surface area contributed by atoms with Gasteiger partial charge in [-0.3, -0.25) is 4.79 Å². The lowest BCUT2D eigenvalue weighted by Crippen LogP contribution is -2.45. The first kappa shape index (κ1) is 16.2. The number of benzene rings is 1. The van der Waals surface area contributed by atoms with Crippen LogP contribution in [0, 0.1) is 11.7 Å². The Hall–Kier alpha value is -1.13. The van der Waals surface area contributed by atoms with Gasteiger partial charge >= 0.3 is 0 Å². The van der Waals surface area contributed by atoms with Gasteiger partial charge < -0.3 is 10.2 Å². The molecule has 5 heteroatoms. The number of carbonyl (C=O) groups excluding carboxylic acids is 1. The Morgan fingerprint density at radius 3 is 2.67 bits per heavy atom. The number of amides is 1. The second-order valence-electron chi connectivity index (χ2n) is 5.88. The Morgan fingerprint density at radius 2 is 2.10 bits per heavy atom. The molecule has 21 heavy (non-hydrogen) atoms. The SMILES string of the molecule is CC(C)C(=O)N1CCC(NCc2ccc(Cl)c(F)c2)CC1. The third kappa shape index (κ3) is 4.42. The van der Waals surface area contributed by atoms with Gasteiger partial charge in [-0.05, 0) is 30.5 Å². The summed E-state index contributed by atoms with van der Waals surface area (Å²) in [4.78, 5) is 13.8. The van der Waals surface area contributed by atoms with Crippen molar-refractivity contribution >= 4 is 17.5 Å². The number of hydrogen-bond donors (Lipinski definition) is 1. The predicted octanol–water partition coefficient (Wildman–Crippen LogP) is 3.22. The molecule has 3 nitrogen and oxygen atoms in total. The van der Waals surface area contributed by atoms with Gasteiger partial charge in [-0.15, -0.1) is 0 Å². The predicted molar refractivity (Wildman–Crippen MR) is 82.7 cm³/mol. The van der Waals surface area contributed by atoms with Crippen molar-refractivity contribution in [2.24, 2.45) is 5.92 Å². The van der Waals surface area contributed by atoms with E-state index in [-0.39, 0.29) is 22.7 Å². The first-order chi connectivity index (χ1) is 9.97. The molecule has 116 valence electrons. The van der Waals surface area contributed by atoms with E-state index in [2.05, 4.69) is 5.32 Å². The normalized spacial score (nSPS) is 16.5. The van der Waals surface area contributed by atoms with Crippen molar-refractivity contribution in [3.05, 3.63) is 34.6 Å². The summed E-state index contributed by atoms with van der Waals surface area (Å²) < 4.78 is 13.4. The van der Waals surface area contributed by atoms with Crippen molar-refractivity contribution < 1.29 is 9.18 Å². The second-order valence-corrected chi connectivity index (χ2v) is 6.29. The van der Waals surface area contributed by atoms with Gasteiger partial charge in [-0.1, -0.05) is 31.5 Å². The van der Waals surface area contributed by atoms with Gasteiger partial charge in [-0.2, -0.15) is 0 Å². The van der Waals surface area contributed by atoms with Crippen LogP contribution in [0.1, 0.15) is 32.3 Å². The van der Waals surface area contributed by atoms with Gasteiger partial charge in [0.1, 0.15) is 5.82 Å². The zero-order chi connectivity index (χ0) is 15.4. The maximum absolute atomic E-state index is 13.4. The second kappa shape index (κ2) is 7.23. The molecule has 1 heterocycles. The number of likely N-dealkylation sites (tertiary alicyclic amines) is 1. The highest BCUT2D eigenvalue weighted by molar-refractivity contribution is 6.30. The minimum Gasteiger partial charge on any atom is -0.342 e. The summed E-state index contributed by atoms with van der Waals surface area (Å²) in [5.74, 6) is -0.0897. The Labute approximate surface area is 130 Å². The van der Waals surface area contributed by atoms with Crippen molar-refractivity contribution in [1.82, 2.24) is 10.2 Å². The number of nitrogens with one attached hydrogen (secondary N) is 1. The lowest BCUT2D eigenvalue weighted by atomic mass is 10.0. The van der Waals surface area contributed by atoms with Gasteiger partial charge in [0.25, 0.3) is 0 Å². The molecule has 1 saturated heterocycles. The average Bonchev–Trinajstić information content (AvgIpc) is 2.48. The molecule has 1 fully saturated rings. The highest BCUT2D eigenvalue weighted by atomic mass is 35.5. The lowest BCUT2D eigenvalue weighted by Gasteiger charge is -2.33. The zero-order valence-electron chi connectivity index (χ0n) is 12.5. The maximum atomic E-state index is 13.4. The van der Waals surface area contributed by atoms with Gasteiger partial charge in [0, 0.05) is 31.6 Å². The van der Waals surface area contributed by atoms with Crippen LogP contribution in [0.25, 0.3) is 0 Å². The van der Waals surface area contributed by atoms with Crippen LogP contribution in [0.2, 0.25) is 5.02 Å². The molecule has 1 aromatic rings. The fraction of sp³-hybridized carbons (Fsp3) is 0.562. The third-order valence-corrected chi connectivity index (χ3v) is 4.19. The summed E-state index contributed by atoms with van der Waals surface area (Å²) in [6.45, 7) is 6.08. The van der Waals surface area contributed by atoms with Gasteiger partial charge in [-0.25, -0.2) is 4.39 Å². The summed E-state index contributed by atoms with van der Waals surface area (Å²) in [5, 5.41) is 3.58. The van der Waals surface area contributed by atoms with Crippen LogP contribution in [0.5, 0.6) is 0 Å². The molecule has 1 aromatic carbocycles. The molecular formula is C16H22ClFN2O. The standard InChI is InChI=1S/C16H22ClFN2O/c1-11(2)16(21)20-7-5-13(6-8-20)19-10-12-3-4-14(17)15(18)9-12/h3-4,9,11,13,19H,5-8,10H2,1-2H3. The Kier molecular flexibility index (Phi) is 5.59. The van der Waals surface area contributed by atoms with E-state index in [0.717, 1.165) is 31.5 Å². The fourth-order valence-electron chi connectivity index (χ4n) is 2.58. The van der Waals surface area contributed by atoms with E-state index < -0.39 is 0 Å². The van der Waals surface area contributed by atoms with Gasteiger partial charge in [0.2, 0.25) is 5.91 Å². The highest BCUT2D eigenvalue weighted by Crippen LogP contribution is 2.17. The largest absolute Gasteiger partial charge is 0.342 e. The number of halogens is 2. The molecule has 1 aliphatic heterocycles. The summed E-state index contributed by atoms with van der Waals surface area (Å²) >= 11 is 5.67. The number of carbonyl (C=O) groups is 1. The zero-order valence-corrected chi connectivity index (χ0v) is 13.3. The van der Waals surface area contributed by atoms with Gasteiger partial charge in [0.05, 0.1) is 5.02 Å². The first-order valence-corrected chi connectivity index (χ1v) is 7.81. The van der Waals surface area contributed by atoms with Crippen LogP contribution in [0.4, 0.5) is 4.39 Å². The van der Waals surface area contributed by atoms with Crippen molar-refractivity contribution in [2.75, 3.05) is 13.1 Å². The highest BCUT2D eigenvalue weighted by Gasteiger charge is 2.23. The monoisotopic (exact) mass is 312 g/mol. The summed E-state index contributed by atoms with van der Waals surface area (Å²) in [6.07, 6.45) is 1.88. The number of nitrogens with zero attached hydrogens (tertiary/aromatic N) is 1. The minimum atomic E-state index is -0.381. The van der Waals surface area contributed by atoms with Crippen molar-refractivity contribution in [3.8, 4) is 0 Å². The molecule has 0 atom stereocenters. The lowest BCUT2D eigenvalue weighted by molar-refractivity contribution is -0.135. The smallest absolute Gasteiger partial charge is 0.225 e.